The molecule has 0 aromatic heterocycles. The van der Waals surface area contributed by atoms with Crippen molar-refractivity contribution in [2.24, 2.45) is 0 Å². The molecule has 1 aliphatic heterocycles. The number of halogens is 1. The van der Waals surface area contributed by atoms with Gasteiger partial charge in [-0.15, -0.1) is 0 Å². The molecule has 0 aliphatic carbocycles. The van der Waals surface area contributed by atoms with E-state index < -0.39 is 4.92 Å². The summed E-state index contributed by atoms with van der Waals surface area (Å²) in [6, 6.07) is 24.8. The van der Waals surface area contributed by atoms with Crippen molar-refractivity contribution in [3.63, 3.8) is 0 Å². The average molecular weight is 479 g/mol. The largest absolute Gasteiger partial charge is 0.323 e. The van der Waals surface area contributed by atoms with Gasteiger partial charge in [0.25, 0.3) is 5.69 Å². The molecule has 1 fully saturated rings. The van der Waals surface area contributed by atoms with Crippen LogP contribution in [-0.2, 0) is 4.79 Å². The SMILES string of the molecule is C[C@@H](C(=O)Nc1ccc([N+](=O)[O-])cc1Cl)N1CCN(C(c2ccccc2)c2ccccc2)CC1. The zero-order valence-electron chi connectivity index (χ0n) is 18.9. The molecule has 1 heterocycles. The highest BCUT2D eigenvalue weighted by Crippen LogP contribution is 2.30. The lowest BCUT2D eigenvalue weighted by atomic mass is 9.96. The lowest BCUT2D eigenvalue weighted by molar-refractivity contribution is -0.384. The monoisotopic (exact) mass is 478 g/mol. The first-order valence-electron chi connectivity index (χ1n) is 11.3. The van der Waals surface area contributed by atoms with Crippen molar-refractivity contribution in [2.45, 2.75) is 19.0 Å². The Morgan fingerprint density at radius 1 is 0.912 bits per heavy atom. The number of piperazine rings is 1. The Hall–Kier alpha value is -3.26. The highest BCUT2D eigenvalue weighted by molar-refractivity contribution is 6.34. The molecule has 3 aromatic rings. The summed E-state index contributed by atoms with van der Waals surface area (Å²) in [5, 5.41) is 13.9. The van der Waals surface area contributed by atoms with E-state index in [1.807, 2.05) is 19.1 Å². The van der Waals surface area contributed by atoms with E-state index in [4.69, 9.17) is 11.6 Å². The predicted molar refractivity (Wildman–Crippen MR) is 134 cm³/mol. The fourth-order valence-corrected chi connectivity index (χ4v) is 4.61. The summed E-state index contributed by atoms with van der Waals surface area (Å²) in [6.45, 7) is 5.02. The fourth-order valence-electron chi connectivity index (χ4n) is 4.39. The Morgan fingerprint density at radius 3 is 1.94 bits per heavy atom. The third-order valence-electron chi connectivity index (χ3n) is 6.29. The highest BCUT2D eigenvalue weighted by Gasteiger charge is 2.30. The number of carbonyl (C=O) groups excluding carboxylic acids is 1. The smallest absolute Gasteiger partial charge is 0.271 e. The third-order valence-corrected chi connectivity index (χ3v) is 6.61. The normalized spacial score (nSPS) is 15.7. The van der Waals surface area contributed by atoms with Gasteiger partial charge in [0, 0.05) is 38.3 Å². The number of hydrogen-bond acceptors (Lipinski definition) is 5. The lowest BCUT2D eigenvalue weighted by Gasteiger charge is -2.41. The van der Waals surface area contributed by atoms with Crippen molar-refractivity contribution in [1.29, 1.82) is 0 Å². The zero-order valence-corrected chi connectivity index (χ0v) is 19.7. The molecule has 1 atom stereocenters. The minimum absolute atomic E-state index is 0.112. The Balaban J connectivity index is 1.41. The second kappa shape index (κ2) is 10.8. The van der Waals surface area contributed by atoms with E-state index in [2.05, 4.69) is 63.6 Å². The first-order chi connectivity index (χ1) is 16.4. The number of nitrogens with one attached hydrogen (secondary N) is 1. The first-order valence-corrected chi connectivity index (χ1v) is 11.6. The molecule has 34 heavy (non-hydrogen) atoms. The molecular weight excluding hydrogens is 452 g/mol. The lowest BCUT2D eigenvalue weighted by Crippen LogP contribution is -2.53. The molecule has 0 unspecified atom stereocenters. The van der Waals surface area contributed by atoms with Gasteiger partial charge in [-0.1, -0.05) is 72.3 Å². The maximum absolute atomic E-state index is 12.9. The molecule has 176 valence electrons. The number of non-ortho nitro benzene ring substituents is 1. The Labute approximate surface area is 204 Å². The molecule has 0 radical (unpaired) electrons. The van der Waals surface area contributed by atoms with Crippen LogP contribution in [-0.4, -0.2) is 52.9 Å². The van der Waals surface area contributed by atoms with Crippen LogP contribution < -0.4 is 5.32 Å². The number of hydrogen-bond donors (Lipinski definition) is 1. The molecule has 1 aliphatic rings. The van der Waals surface area contributed by atoms with Gasteiger partial charge in [0.05, 0.1) is 27.7 Å². The van der Waals surface area contributed by atoms with Gasteiger partial charge >= 0.3 is 0 Å². The summed E-state index contributed by atoms with van der Waals surface area (Å²) < 4.78 is 0. The molecule has 1 amide bonds. The van der Waals surface area contributed by atoms with E-state index in [0.29, 0.717) is 5.69 Å². The molecular formula is C26H27ClN4O3. The first kappa shape index (κ1) is 23.9. The van der Waals surface area contributed by atoms with Gasteiger partial charge in [0.1, 0.15) is 0 Å². The molecule has 1 N–H and O–H groups in total. The minimum atomic E-state index is -0.516. The van der Waals surface area contributed by atoms with Gasteiger partial charge in [-0.2, -0.15) is 0 Å². The summed E-state index contributed by atoms with van der Waals surface area (Å²) in [5.41, 5.74) is 2.76. The molecule has 4 rings (SSSR count). The van der Waals surface area contributed by atoms with Crippen molar-refractivity contribution in [3.05, 3.63) is 105 Å². The van der Waals surface area contributed by atoms with Crippen LogP contribution in [0.4, 0.5) is 11.4 Å². The maximum Gasteiger partial charge on any atom is 0.271 e. The molecule has 0 spiro atoms. The molecule has 0 saturated carbocycles. The number of rotatable bonds is 7. The number of nitro benzene ring substituents is 1. The van der Waals surface area contributed by atoms with Crippen LogP contribution in [0.5, 0.6) is 0 Å². The van der Waals surface area contributed by atoms with Crippen LogP contribution >= 0.6 is 11.6 Å². The molecule has 7 nitrogen and oxygen atoms in total. The van der Waals surface area contributed by atoms with Crippen LogP contribution in [0.3, 0.4) is 0 Å². The quantitative estimate of drug-likeness (QED) is 0.382. The van der Waals surface area contributed by atoms with Gasteiger partial charge in [-0.05, 0) is 24.1 Å². The van der Waals surface area contributed by atoms with Crippen LogP contribution in [0.2, 0.25) is 5.02 Å². The maximum atomic E-state index is 12.9. The van der Waals surface area contributed by atoms with Gasteiger partial charge in [-0.3, -0.25) is 24.7 Å². The average Bonchev–Trinajstić information content (AvgIpc) is 2.86. The van der Waals surface area contributed by atoms with E-state index >= 15 is 0 Å². The van der Waals surface area contributed by atoms with Crippen LogP contribution in [0.25, 0.3) is 0 Å². The summed E-state index contributed by atoms with van der Waals surface area (Å²) in [5.74, 6) is -0.188. The van der Waals surface area contributed by atoms with Gasteiger partial charge in [0.2, 0.25) is 5.91 Å². The van der Waals surface area contributed by atoms with E-state index in [1.165, 1.54) is 29.3 Å². The third kappa shape index (κ3) is 5.44. The van der Waals surface area contributed by atoms with E-state index in [9.17, 15) is 14.9 Å². The number of benzene rings is 3. The summed E-state index contributed by atoms with van der Waals surface area (Å²) in [6.07, 6.45) is 0. The van der Waals surface area contributed by atoms with E-state index in [-0.39, 0.29) is 28.7 Å². The second-order valence-electron chi connectivity index (χ2n) is 8.38. The summed E-state index contributed by atoms with van der Waals surface area (Å²) >= 11 is 6.14. The summed E-state index contributed by atoms with van der Waals surface area (Å²) in [7, 11) is 0. The van der Waals surface area contributed by atoms with Crippen molar-refractivity contribution in [1.82, 2.24) is 9.80 Å². The van der Waals surface area contributed by atoms with Crippen molar-refractivity contribution in [3.8, 4) is 0 Å². The fraction of sp³-hybridized carbons (Fsp3) is 0.269. The molecule has 8 heteroatoms. The van der Waals surface area contributed by atoms with E-state index in [1.54, 1.807) is 0 Å². The highest BCUT2D eigenvalue weighted by atomic mass is 35.5. The topological polar surface area (TPSA) is 78.7 Å². The number of carbonyl (C=O) groups is 1. The Morgan fingerprint density at radius 2 is 1.44 bits per heavy atom. The van der Waals surface area contributed by atoms with Crippen LogP contribution in [0.1, 0.15) is 24.1 Å². The van der Waals surface area contributed by atoms with Crippen LogP contribution in [0.15, 0.2) is 78.9 Å². The number of nitro groups is 1. The van der Waals surface area contributed by atoms with Crippen molar-refractivity contribution < 1.29 is 9.72 Å². The number of nitrogens with zero attached hydrogens (tertiary/aromatic N) is 3. The van der Waals surface area contributed by atoms with Crippen molar-refractivity contribution >= 4 is 28.9 Å². The Kier molecular flexibility index (Phi) is 7.57. The van der Waals surface area contributed by atoms with Crippen LogP contribution in [0, 0.1) is 10.1 Å². The predicted octanol–water partition coefficient (Wildman–Crippen LogP) is 4.98. The Bertz CT molecular complexity index is 1100. The van der Waals surface area contributed by atoms with Crippen molar-refractivity contribution in [2.75, 3.05) is 31.5 Å². The minimum Gasteiger partial charge on any atom is -0.323 e. The second-order valence-corrected chi connectivity index (χ2v) is 8.79. The summed E-state index contributed by atoms with van der Waals surface area (Å²) in [4.78, 5) is 27.9. The molecule has 0 bridgehead atoms. The zero-order chi connectivity index (χ0) is 24.1. The number of amides is 1. The molecule has 1 saturated heterocycles. The standard InChI is InChI=1S/C26H27ClN4O3/c1-19(26(32)28-24-13-12-22(31(33)34)18-23(24)27)29-14-16-30(17-15-29)25(20-8-4-2-5-9-20)21-10-6-3-7-11-21/h2-13,18-19,25H,14-17H2,1H3,(H,28,32)/t19-/m0/s1. The number of anilines is 1. The van der Waals surface area contributed by atoms with E-state index in [0.717, 1.165) is 26.2 Å². The van der Waals surface area contributed by atoms with Gasteiger partial charge < -0.3 is 5.32 Å². The van der Waals surface area contributed by atoms with Gasteiger partial charge in [0.15, 0.2) is 0 Å². The molecule has 3 aromatic carbocycles. The van der Waals surface area contributed by atoms with Gasteiger partial charge in [-0.25, -0.2) is 0 Å².